The van der Waals surface area contributed by atoms with Gasteiger partial charge in [0, 0.05) is 25.2 Å². The Kier molecular flexibility index (Phi) is 7.80. The number of likely N-dealkylation sites (N-methyl/N-ethyl adjacent to an activating group) is 1. The number of amides is 1. The maximum Gasteiger partial charge on any atom is 0.220 e. The summed E-state index contributed by atoms with van der Waals surface area (Å²) in [7, 11) is 4.02. The maximum atomic E-state index is 12.6. The van der Waals surface area contributed by atoms with Crippen LogP contribution in [-0.2, 0) is 11.2 Å². The third-order valence-corrected chi connectivity index (χ3v) is 5.17. The van der Waals surface area contributed by atoms with E-state index in [-0.39, 0.29) is 23.6 Å². The van der Waals surface area contributed by atoms with Gasteiger partial charge in [0.15, 0.2) is 0 Å². The molecule has 2 unspecified atom stereocenters. The Morgan fingerprint density at radius 2 is 2.04 bits per heavy atom. The second-order valence-electron chi connectivity index (χ2n) is 7.46. The van der Waals surface area contributed by atoms with E-state index >= 15 is 0 Å². The van der Waals surface area contributed by atoms with Gasteiger partial charge >= 0.3 is 0 Å². The summed E-state index contributed by atoms with van der Waals surface area (Å²) in [6, 6.07) is 7.40. The van der Waals surface area contributed by atoms with Crippen LogP contribution in [-0.4, -0.2) is 49.3 Å². The lowest BCUT2D eigenvalue weighted by Gasteiger charge is -2.25. The summed E-state index contributed by atoms with van der Waals surface area (Å²) in [5.74, 6) is 1.03. The highest BCUT2D eigenvalue weighted by molar-refractivity contribution is 5.76. The minimum atomic E-state index is 0.0567. The standard InChI is InChI=1S/C22H31N3O2/c1-5-17(14-23-2)21(18-8-9-18)13-22(27)24-15-19(25(3)4)12-16-6-10-20(26)11-7-16/h5-7,10-11,14,18-19,21,26H,1-2,8-9,12-13,15H2,3-4H3,(H,24,27)/b17-14+. The molecule has 1 aliphatic rings. The first kappa shape index (κ1) is 20.9. The van der Waals surface area contributed by atoms with Crippen LogP contribution in [0.5, 0.6) is 5.75 Å². The molecule has 1 aromatic rings. The predicted octanol–water partition coefficient (Wildman–Crippen LogP) is 3.17. The molecule has 1 amide bonds. The summed E-state index contributed by atoms with van der Waals surface area (Å²) in [5.41, 5.74) is 2.13. The van der Waals surface area contributed by atoms with Crippen molar-refractivity contribution in [3.63, 3.8) is 0 Å². The van der Waals surface area contributed by atoms with Gasteiger partial charge in [0.05, 0.1) is 0 Å². The van der Waals surface area contributed by atoms with Crippen LogP contribution in [0.1, 0.15) is 24.8 Å². The average molecular weight is 370 g/mol. The summed E-state index contributed by atoms with van der Waals surface area (Å²) >= 11 is 0. The molecule has 2 N–H and O–H groups in total. The van der Waals surface area contributed by atoms with Crippen LogP contribution < -0.4 is 5.32 Å². The lowest BCUT2D eigenvalue weighted by Crippen LogP contribution is -2.42. The molecule has 146 valence electrons. The number of hydrogen-bond acceptors (Lipinski definition) is 4. The Bertz CT molecular complexity index is 675. The van der Waals surface area contributed by atoms with Crippen LogP contribution in [0, 0.1) is 11.8 Å². The van der Waals surface area contributed by atoms with Crippen LogP contribution in [0.3, 0.4) is 0 Å². The quantitative estimate of drug-likeness (QED) is 0.465. The van der Waals surface area contributed by atoms with Crippen molar-refractivity contribution in [2.45, 2.75) is 31.7 Å². The zero-order chi connectivity index (χ0) is 19.8. The van der Waals surface area contributed by atoms with E-state index in [1.54, 1.807) is 24.4 Å². The molecule has 27 heavy (non-hydrogen) atoms. The Morgan fingerprint density at radius 3 is 2.56 bits per heavy atom. The Morgan fingerprint density at radius 1 is 1.37 bits per heavy atom. The number of phenols is 1. The van der Waals surface area contributed by atoms with Gasteiger partial charge in [-0.15, -0.1) is 0 Å². The normalized spacial score (nSPS) is 16.6. The number of aliphatic imine (C=N–C) groups is 1. The molecular weight excluding hydrogens is 338 g/mol. The average Bonchev–Trinajstić information content (AvgIpc) is 3.47. The Labute approximate surface area is 162 Å². The number of benzene rings is 1. The Balaban J connectivity index is 1.92. The molecule has 1 saturated carbocycles. The minimum Gasteiger partial charge on any atom is -0.508 e. The molecule has 0 radical (unpaired) electrons. The highest BCUT2D eigenvalue weighted by atomic mass is 16.3. The molecule has 0 heterocycles. The third kappa shape index (κ3) is 6.68. The number of nitrogens with zero attached hydrogens (tertiary/aromatic N) is 2. The van der Waals surface area contributed by atoms with Gasteiger partial charge in [-0.3, -0.25) is 9.79 Å². The fourth-order valence-corrected chi connectivity index (χ4v) is 3.31. The van der Waals surface area contributed by atoms with Crippen LogP contribution >= 0.6 is 0 Å². The van der Waals surface area contributed by atoms with Crippen molar-refractivity contribution in [3.8, 4) is 5.75 Å². The van der Waals surface area contributed by atoms with E-state index in [0.29, 0.717) is 18.9 Å². The van der Waals surface area contributed by atoms with Gasteiger partial charge in [-0.05, 0) is 75.2 Å². The molecule has 1 fully saturated rings. The molecule has 1 aliphatic carbocycles. The zero-order valence-corrected chi connectivity index (χ0v) is 16.4. The summed E-state index contributed by atoms with van der Waals surface area (Å²) in [6.45, 7) is 7.95. The predicted molar refractivity (Wildman–Crippen MR) is 111 cm³/mol. The van der Waals surface area contributed by atoms with E-state index in [4.69, 9.17) is 0 Å². The first-order valence-electron chi connectivity index (χ1n) is 9.44. The molecule has 5 heteroatoms. The summed E-state index contributed by atoms with van der Waals surface area (Å²) in [5, 5.41) is 12.5. The van der Waals surface area contributed by atoms with Gasteiger partial charge < -0.3 is 15.3 Å². The summed E-state index contributed by atoms with van der Waals surface area (Å²) in [4.78, 5) is 18.5. The molecule has 5 nitrogen and oxygen atoms in total. The molecule has 2 rings (SSSR count). The topological polar surface area (TPSA) is 64.9 Å². The van der Waals surface area contributed by atoms with Crippen molar-refractivity contribution in [2.24, 2.45) is 16.8 Å². The number of rotatable bonds is 11. The van der Waals surface area contributed by atoms with Gasteiger partial charge in [0.25, 0.3) is 0 Å². The number of aromatic hydroxyl groups is 1. The SMILES string of the molecule is C=C/C(=C\N=C)C(CC(=O)NCC(Cc1ccc(O)cc1)N(C)C)C1CC1. The van der Waals surface area contributed by atoms with Crippen LogP contribution in [0.15, 0.2) is 53.7 Å². The molecule has 2 atom stereocenters. The summed E-state index contributed by atoms with van der Waals surface area (Å²) in [6.07, 6.45) is 7.08. The van der Waals surface area contributed by atoms with Crippen molar-refractivity contribution >= 4 is 12.6 Å². The molecule has 0 saturated heterocycles. The molecular formula is C22H31N3O2. The van der Waals surface area contributed by atoms with Crippen LogP contribution in [0.4, 0.5) is 0 Å². The maximum absolute atomic E-state index is 12.6. The van der Waals surface area contributed by atoms with Gasteiger partial charge in [-0.25, -0.2) is 0 Å². The van der Waals surface area contributed by atoms with Crippen molar-refractivity contribution < 1.29 is 9.90 Å². The summed E-state index contributed by atoms with van der Waals surface area (Å²) < 4.78 is 0. The second kappa shape index (κ2) is 10.1. The van der Waals surface area contributed by atoms with E-state index in [2.05, 4.69) is 28.5 Å². The van der Waals surface area contributed by atoms with E-state index in [0.717, 1.165) is 30.4 Å². The zero-order valence-electron chi connectivity index (χ0n) is 16.4. The van der Waals surface area contributed by atoms with Gasteiger partial charge in [-0.2, -0.15) is 0 Å². The van der Waals surface area contributed by atoms with Crippen molar-refractivity contribution in [2.75, 3.05) is 20.6 Å². The number of hydrogen-bond donors (Lipinski definition) is 2. The number of nitrogens with one attached hydrogen (secondary N) is 1. The monoisotopic (exact) mass is 369 g/mol. The molecule has 0 spiro atoms. The second-order valence-corrected chi connectivity index (χ2v) is 7.46. The van der Waals surface area contributed by atoms with E-state index in [1.807, 2.05) is 26.2 Å². The van der Waals surface area contributed by atoms with E-state index in [9.17, 15) is 9.90 Å². The van der Waals surface area contributed by atoms with E-state index < -0.39 is 0 Å². The molecule has 1 aromatic carbocycles. The van der Waals surface area contributed by atoms with Crippen molar-refractivity contribution in [1.82, 2.24) is 10.2 Å². The van der Waals surface area contributed by atoms with Crippen LogP contribution in [0.25, 0.3) is 0 Å². The highest BCUT2D eigenvalue weighted by Crippen LogP contribution is 2.42. The number of carbonyl (C=O) groups is 1. The third-order valence-electron chi connectivity index (χ3n) is 5.17. The van der Waals surface area contributed by atoms with Crippen LogP contribution in [0.2, 0.25) is 0 Å². The van der Waals surface area contributed by atoms with Gasteiger partial charge in [0.2, 0.25) is 5.91 Å². The Hall–Kier alpha value is -2.40. The minimum absolute atomic E-state index is 0.0567. The van der Waals surface area contributed by atoms with E-state index in [1.165, 1.54) is 0 Å². The largest absolute Gasteiger partial charge is 0.508 e. The lowest BCUT2D eigenvalue weighted by atomic mass is 9.90. The van der Waals surface area contributed by atoms with Crippen molar-refractivity contribution in [1.29, 1.82) is 0 Å². The molecule has 0 aliphatic heterocycles. The first-order chi connectivity index (χ1) is 12.9. The van der Waals surface area contributed by atoms with Gasteiger partial charge in [-0.1, -0.05) is 24.8 Å². The van der Waals surface area contributed by atoms with Gasteiger partial charge in [0.1, 0.15) is 5.75 Å². The first-order valence-corrected chi connectivity index (χ1v) is 9.44. The highest BCUT2D eigenvalue weighted by Gasteiger charge is 2.34. The lowest BCUT2D eigenvalue weighted by molar-refractivity contribution is -0.122. The fourth-order valence-electron chi connectivity index (χ4n) is 3.31. The fraction of sp³-hybridized carbons (Fsp3) is 0.455. The number of allylic oxidation sites excluding steroid dienone is 2. The van der Waals surface area contributed by atoms with Crippen molar-refractivity contribution in [3.05, 3.63) is 54.3 Å². The molecule has 0 bridgehead atoms. The smallest absolute Gasteiger partial charge is 0.220 e. The number of phenolic OH excluding ortho intramolecular Hbond substituents is 1. The molecule has 0 aromatic heterocycles. The number of carbonyl (C=O) groups excluding carboxylic acids is 1.